The van der Waals surface area contributed by atoms with E-state index in [9.17, 15) is 4.79 Å². The van der Waals surface area contributed by atoms with Crippen molar-refractivity contribution in [2.24, 2.45) is 0 Å². The Balaban J connectivity index is 0.00000162. The molecule has 0 fully saturated rings. The molecule has 0 radical (unpaired) electrons. The number of carbonyl (C=O) groups is 1. The van der Waals surface area contributed by atoms with Crippen LogP contribution in [0.25, 0.3) is 0 Å². The van der Waals surface area contributed by atoms with Crippen LogP contribution in [0, 0.1) is 0 Å². The molecule has 4 heteroatoms. The van der Waals surface area contributed by atoms with E-state index in [1.165, 1.54) is 31.3 Å². The standard InChI is InChI=1S/C14H18N2O.ClH/c17-14(13-7-4-9-15-11-13)16-10-8-12-5-2-1-3-6-12;/h4-5,7,9,11H,1-3,6,8,10H2,(H,16,17);1H. The number of amides is 1. The molecule has 1 aromatic heterocycles. The molecule has 18 heavy (non-hydrogen) atoms. The molecule has 98 valence electrons. The number of nitrogens with zero attached hydrogens (tertiary/aromatic N) is 1. The summed E-state index contributed by atoms with van der Waals surface area (Å²) in [6, 6.07) is 3.56. The maximum Gasteiger partial charge on any atom is 0.252 e. The van der Waals surface area contributed by atoms with Crippen LogP contribution in [0.2, 0.25) is 0 Å². The van der Waals surface area contributed by atoms with Crippen molar-refractivity contribution in [2.45, 2.75) is 32.1 Å². The Kier molecular flexibility index (Phi) is 6.44. The second-order valence-corrected chi connectivity index (χ2v) is 4.36. The van der Waals surface area contributed by atoms with Gasteiger partial charge in [-0.15, -0.1) is 12.4 Å². The molecule has 0 atom stereocenters. The van der Waals surface area contributed by atoms with E-state index in [1.54, 1.807) is 24.5 Å². The van der Waals surface area contributed by atoms with E-state index >= 15 is 0 Å². The van der Waals surface area contributed by atoms with Gasteiger partial charge in [-0.25, -0.2) is 0 Å². The van der Waals surface area contributed by atoms with E-state index < -0.39 is 0 Å². The van der Waals surface area contributed by atoms with Crippen LogP contribution < -0.4 is 5.32 Å². The normalized spacial score (nSPS) is 14.3. The largest absolute Gasteiger partial charge is 0.352 e. The highest BCUT2D eigenvalue weighted by Gasteiger charge is 2.06. The summed E-state index contributed by atoms with van der Waals surface area (Å²) in [5, 5.41) is 2.93. The summed E-state index contributed by atoms with van der Waals surface area (Å²) in [6.45, 7) is 0.722. The van der Waals surface area contributed by atoms with Crippen LogP contribution in [0.1, 0.15) is 42.5 Å². The van der Waals surface area contributed by atoms with Crippen LogP contribution in [0.4, 0.5) is 0 Å². The van der Waals surface area contributed by atoms with Crippen molar-refractivity contribution in [2.75, 3.05) is 6.54 Å². The van der Waals surface area contributed by atoms with Gasteiger partial charge in [0.15, 0.2) is 0 Å². The van der Waals surface area contributed by atoms with E-state index in [0.29, 0.717) is 5.56 Å². The lowest BCUT2D eigenvalue weighted by Crippen LogP contribution is -2.24. The molecule has 3 nitrogen and oxygen atoms in total. The first-order chi connectivity index (χ1) is 8.36. The monoisotopic (exact) mass is 266 g/mol. The highest BCUT2D eigenvalue weighted by Crippen LogP contribution is 2.19. The summed E-state index contributed by atoms with van der Waals surface area (Å²) in [5.41, 5.74) is 2.12. The molecule has 1 heterocycles. The number of carbonyl (C=O) groups excluding carboxylic acids is 1. The summed E-state index contributed by atoms with van der Waals surface area (Å²) in [5.74, 6) is -0.0329. The topological polar surface area (TPSA) is 42.0 Å². The Hall–Kier alpha value is -1.35. The van der Waals surface area contributed by atoms with Gasteiger partial charge in [0.2, 0.25) is 0 Å². The molecule has 0 bridgehead atoms. The molecule has 0 unspecified atom stereocenters. The average molecular weight is 267 g/mol. The number of aromatic nitrogens is 1. The highest BCUT2D eigenvalue weighted by molar-refractivity contribution is 5.93. The first kappa shape index (κ1) is 14.7. The summed E-state index contributed by atoms with van der Waals surface area (Å²) >= 11 is 0. The minimum Gasteiger partial charge on any atom is -0.352 e. The fourth-order valence-corrected chi connectivity index (χ4v) is 2.07. The minimum absolute atomic E-state index is 0. The van der Waals surface area contributed by atoms with Crippen molar-refractivity contribution in [3.63, 3.8) is 0 Å². The lowest BCUT2D eigenvalue weighted by molar-refractivity contribution is 0.0953. The van der Waals surface area contributed by atoms with Crippen LogP contribution in [0.5, 0.6) is 0 Å². The fourth-order valence-electron chi connectivity index (χ4n) is 2.07. The number of pyridine rings is 1. The van der Waals surface area contributed by atoms with Gasteiger partial charge in [0, 0.05) is 18.9 Å². The van der Waals surface area contributed by atoms with E-state index in [4.69, 9.17) is 0 Å². The first-order valence-electron chi connectivity index (χ1n) is 6.22. The van der Waals surface area contributed by atoms with Crippen LogP contribution in [-0.2, 0) is 0 Å². The Bertz CT molecular complexity index is 404. The number of hydrogen-bond acceptors (Lipinski definition) is 2. The lowest BCUT2D eigenvalue weighted by Gasteiger charge is -2.12. The average Bonchev–Trinajstić information content (AvgIpc) is 2.41. The second-order valence-electron chi connectivity index (χ2n) is 4.36. The zero-order valence-corrected chi connectivity index (χ0v) is 11.2. The van der Waals surface area contributed by atoms with Crippen molar-refractivity contribution < 1.29 is 4.79 Å². The summed E-state index contributed by atoms with van der Waals surface area (Å²) in [7, 11) is 0. The van der Waals surface area contributed by atoms with Gasteiger partial charge in [-0.1, -0.05) is 11.6 Å². The molecule has 0 saturated carbocycles. The zero-order chi connectivity index (χ0) is 11.9. The maximum atomic E-state index is 11.7. The predicted octanol–water partition coefficient (Wildman–Crippen LogP) is 3.12. The predicted molar refractivity (Wildman–Crippen MR) is 75.0 cm³/mol. The Morgan fingerprint density at radius 2 is 2.28 bits per heavy atom. The fraction of sp³-hybridized carbons (Fsp3) is 0.429. The van der Waals surface area contributed by atoms with Gasteiger partial charge in [-0.05, 0) is 44.2 Å². The number of halogens is 1. The van der Waals surface area contributed by atoms with Gasteiger partial charge in [0.1, 0.15) is 0 Å². The Labute approximate surface area is 114 Å². The molecule has 1 aromatic rings. The van der Waals surface area contributed by atoms with Gasteiger partial charge >= 0.3 is 0 Å². The van der Waals surface area contributed by atoms with E-state index in [0.717, 1.165) is 13.0 Å². The maximum absolute atomic E-state index is 11.7. The van der Waals surface area contributed by atoms with E-state index in [2.05, 4.69) is 16.4 Å². The third-order valence-corrected chi connectivity index (χ3v) is 3.04. The van der Waals surface area contributed by atoms with Gasteiger partial charge in [-0.2, -0.15) is 0 Å². The summed E-state index contributed by atoms with van der Waals surface area (Å²) < 4.78 is 0. The minimum atomic E-state index is -0.0329. The molecule has 0 saturated heterocycles. The van der Waals surface area contributed by atoms with E-state index in [-0.39, 0.29) is 18.3 Å². The van der Waals surface area contributed by atoms with Gasteiger partial charge in [0.05, 0.1) is 5.56 Å². The number of hydrogen-bond donors (Lipinski definition) is 1. The van der Waals surface area contributed by atoms with Crippen LogP contribution in [-0.4, -0.2) is 17.4 Å². The molecule has 2 rings (SSSR count). The van der Waals surface area contributed by atoms with Gasteiger partial charge in [0.25, 0.3) is 5.91 Å². The molecule has 0 aliphatic heterocycles. The molecular weight excluding hydrogens is 248 g/mol. The molecular formula is C14H19ClN2O. The quantitative estimate of drug-likeness (QED) is 0.851. The number of nitrogens with one attached hydrogen (secondary N) is 1. The smallest absolute Gasteiger partial charge is 0.252 e. The summed E-state index contributed by atoms with van der Waals surface area (Å²) in [4.78, 5) is 15.6. The molecule has 1 aliphatic carbocycles. The lowest BCUT2D eigenvalue weighted by atomic mass is 9.97. The molecule has 1 amide bonds. The number of rotatable bonds is 4. The van der Waals surface area contributed by atoms with Gasteiger partial charge in [-0.3, -0.25) is 9.78 Å². The molecule has 1 aliphatic rings. The van der Waals surface area contributed by atoms with Crippen molar-refractivity contribution >= 4 is 18.3 Å². The van der Waals surface area contributed by atoms with Crippen LogP contribution >= 0.6 is 12.4 Å². The van der Waals surface area contributed by atoms with Crippen LogP contribution in [0.15, 0.2) is 36.2 Å². The van der Waals surface area contributed by atoms with Crippen LogP contribution in [0.3, 0.4) is 0 Å². The Morgan fingerprint density at radius 3 is 2.94 bits per heavy atom. The Morgan fingerprint density at radius 1 is 1.39 bits per heavy atom. The molecule has 0 spiro atoms. The third kappa shape index (κ3) is 4.49. The second kappa shape index (κ2) is 7.88. The number of allylic oxidation sites excluding steroid dienone is 1. The summed E-state index contributed by atoms with van der Waals surface area (Å²) in [6.07, 6.45) is 11.6. The van der Waals surface area contributed by atoms with Crippen molar-refractivity contribution in [3.05, 3.63) is 41.7 Å². The SMILES string of the molecule is Cl.O=C(NCCC1=CCCCC1)c1cccnc1. The van der Waals surface area contributed by atoms with E-state index in [1.807, 2.05) is 0 Å². The van der Waals surface area contributed by atoms with Crippen molar-refractivity contribution in [3.8, 4) is 0 Å². The van der Waals surface area contributed by atoms with Crippen molar-refractivity contribution in [1.82, 2.24) is 10.3 Å². The van der Waals surface area contributed by atoms with Gasteiger partial charge < -0.3 is 5.32 Å². The third-order valence-electron chi connectivity index (χ3n) is 3.04. The van der Waals surface area contributed by atoms with Crippen molar-refractivity contribution in [1.29, 1.82) is 0 Å². The highest BCUT2D eigenvalue weighted by atomic mass is 35.5. The molecule has 1 N–H and O–H groups in total. The zero-order valence-electron chi connectivity index (χ0n) is 10.4. The first-order valence-corrected chi connectivity index (χ1v) is 6.22. The molecule has 0 aromatic carbocycles.